The van der Waals surface area contributed by atoms with E-state index in [-0.39, 0.29) is 35.8 Å². The molecule has 200 valence electrons. The molecule has 1 aliphatic heterocycles. The first kappa shape index (κ1) is 29.0. The molecule has 1 aliphatic carbocycles. The van der Waals surface area contributed by atoms with Gasteiger partial charge < -0.3 is 10.8 Å². The van der Waals surface area contributed by atoms with Crippen molar-refractivity contribution in [2.75, 3.05) is 7.05 Å². The molecule has 7 nitrogen and oxygen atoms in total. The summed E-state index contributed by atoms with van der Waals surface area (Å²) in [7, 11) is 1.46. The maximum absolute atomic E-state index is 14.8. The Kier molecular flexibility index (Phi) is 7.29. The van der Waals surface area contributed by atoms with Crippen LogP contribution in [0.25, 0.3) is 0 Å². The fourth-order valence-electron chi connectivity index (χ4n) is 3.83. The van der Waals surface area contributed by atoms with Crippen molar-refractivity contribution in [2.24, 2.45) is 21.6 Å². The number of hydrogen-bond donors (Lipinski definition) is 2. The lowest BCUT2D eigenvalue weighted by Crippen LogP contribution is -2.58. The van der Waals surface area contributed by atoms with Crippen molar-refractivity contribution >= 4 is 23.6 Å². The molecule has 0 unspecified atom stereocenters. The number of benzene rings is 1. The summed E-state index contributed by atoms with van der Waals surface area (Å²) in [4.78, 5) is 39.5. The third-order valence-corrected chi connectivity index (χ3v) is 6.73. The Morgan fingerprint density at radius 1 is 1.11 bits per heavy atom. The molecule has 1 heterocycles. The molecule has 1 aromatic rings. The summed E-state index contributed by atoms with van der Waals surface area (Å²) in [6.45, 7) is 4.75. The molecule has 0 radical (unpaired) electrons. The minimum Gasteiger partial charge on any atom is -0.475 e. The second-order valence-corrected chi connectivity index (χ2v) is 9.33. The van der Waals surface area contributed by atoms with E-state index in [0.717, 1.165) is 6.07 Å². The highest BCUT2D eigenvalue weighted by atomic mass is 19.4. The average molecular weight is 527 g/mol. The number of nitrogens with zero attached hydrogens (tertiary/aromatic N) is 2. The minimum absolute atomic E-state index is 0.00838. The lowest BCUT2D eigenvalue weighted by Gasteiger charge is -2.46. The van der Waals surface area contributed by atoms with E-state index in [1.54, 1.807) is 20.8 Å². The molecule has 1 aromatic carbocycles. The molecule has 1 atom stereocenters. The Bertz CT molecular complexity index is 1110. The van der Waals surface area contributed by atoms with Gasteiger partial charge in [-0.1, -0.05) is 6.07 Å². The Balaban J connectivity index is 0.000000572. The standard InChI is InChI=1S/C20H23F4N3O2.C2HF3O2/c1-17(2)15(29)27(4)16(25)26-18(17,3)12-9-11(5-6-13(12)21)10-14(28)19(7-8-19)20(22,23)24;3-2(4,5)1(6)7/h5-6,9H,7-8,10H2,1-4H3,(H2,25,26);(H,6,7)/t18-;/m1./s1. The van der Waals surface area contributed by atoms with Gasteiger partial charge in [0.25, 0.3) is 0 Å². The highest BCUT2D eigenvalue weighted by molar-refractivity contribution is 6.01. The number of aliphatic imine (C=N–C) groups is 1. The van der Waals surface area contributed by atoms with Crippen molar-refractivity contribution in [3.63, 3.8) is 0 Å². The molecule has 1 saturated carbocycles. The fourth-order valence-corrected chi connectivity index (χ4v) is 3.83. The van der Waals surface area contributed by atoms with Crippen LogP contribution in [0.3, 0.4) is 0 Å². The molecule has 14 heteroatoms. The van der Waals surface area contributed by atoms with E-state index >= 15 is 0 Å². The summed E-state index contributed by atoms with van der Waals surface area (Å²) < 4.78 is 86.1. The summed E-state index contributed by atoms with van der Waals surface area (Å²) in [6.07, 6.45) is -10.6. The van der Waals surface area contributed by atoms with Crippen molar-refractivity contribution in [1.29, 1.82) is 0 Å². The molecule has 3 rings (SSSR count). The molecule has 0 bridgehead atoms. The van der Waals surface area contributed by atoms with Crippen LogP contribution >= 0.6 is 0 Å². The van der Waals surface area contributed by atoms with Crippen molar-refractivity contribution in [3.05, 3.63) is 35.1 Å². The van der Waals surface area contributed by atoms with Gasteiger partial charge in [-0.3, -0.25) is 14.5 Å². The number of halogens is 7. The predicted octanol–water partition coefficient (Wildman–Crippen LogP) is 3.94. The zero-order valence-electron chi connectivity index (χ0n) is 19.6. The number of alkyl halides is 6. The van der Waals surface area contributed by atoms with Gasteiger partial charge in [0, 0.05) is 19.0 Å². The zero-order valence-corrected chi connectivity index (χ0v) is 19.6. The number of Topliss-reactive ketones (excluding diaryl/α,β-unsaturated/α-hetero) is 1. The van der Waals surface area contributed by atoms with Crippen molar-refractivity contribution in [3.8, 4) is 0 Å². The van der Waals surface area contributed by atoms with E-state index in [0.29, 0.717) is 0 Å². The van der Waals surface area contributed by atoms with Crippen molar-refractivity contribution < 1.29 is 50.2 Å². The number of nitrogens with two attached hydrogens (primary N) is 1. The number of carboxylic acids is 1. The Hall–Kier alpha value is -3.19. The Morgan fingerprint density at radius 2 is 1.61 bits per heavy atom. The second-order valence-electron chi connectivity index (χ2n) is 9.33. The third kappa shape index (κ3) is 5.03. The first-order valence-electron chi connectivity index (χ1n) is 10.4. The Morgan fingerprint density at radius 3 is 2.03 bits per heavy atom. The predicted molar refractivity (Wildman–Crippen MR) is 112 cm³/mol. The van der Waals surface area contributed by atoms with Crippen LogP contribution in [-0.4, -0.2) is 53.0 Å². The molecule has 2 aliphatic rings. The molecule has 0 aromatic heterocycles. The van der Waals surface area contributed by atoms with Crippen molar-refractivity contribution in [1.82, 2.24) is 4.90 Å². The molecule has 1 amide bonds. The van der Waals surface area contributed by atoms with E-state index in [1.807, 2.05) is 0 Å². The number of aliphatic carboxylic acids is 1. The number of carbonyl (C=O) groups is 3. The highest BCUT2D eigenvalue weighted by Gasteiger charge is 2.67. The number of ketones is 1. The van der Waals surface area contributed by atoms with Gasteiger partial charge in [-0.15, -0.1) is 0 Å². The Labute approximate surface area is 201 Å². The maximum atomic E-state index is 14.8. The first-order chi connectivity index (χ1) is 16.1. The molecular formula is C22H24F7N3O4. The van der Waals surface area contributed by atoms with Crippen LogP contribution in [0.5, 0.6) is 0 Å². The summed E-state index contributed by atoms with van der Waals surface area (Å²) >= 11 is 0. The van der Waals surface area contributed by atoms with Crippen molar-refractivity contribution in [2.45, 2.75) is 57.9 Å². The van der Waals surface area contributed by atoms with Crippen LogP contribution in [0.15, 0.2) is 23.2 Å². The van der Waals surface area contributed by atoms with Crippen LogP contribution in [0, 0.1) is 16.6 Å². The molecular weight excluding hydrogens is 503 g/mol. The van der Waals surface area contributed by atoms with Gasteiger partial charge in [0.2, 0.25) is 5.91 Å². The first-order valence-corrected chi connectivity index (χ1v) is 10.4. The number of carboxylic acid groups (broad SMARTS) is 1. The summed E-state index contributed by atoms with van der Waals surface area (Å²) in [5.41, 5.74) is 1.21. The molecule has 0 saturated heterocycles. The van der Waals surface area contributed by atoms with Gasteiger partial charge >= 0.3 is 18.3 Å². The average Bonchev–Trinajstić information content (AvgIpc) is 3.54. The lowest BCUT2D eigenvalue weighted by atomic mass is 9.67. The molecule has 0 spiro atoms. The van der Waals surface area contributed by atoms with Crippen LogP contribution in [0.2, 0.25) is 0 Å². The van der Waals surface area contributed by atoms with E-state index in [4.69, 9.17) is 15.6 Å². The van der Waals surface area contributed by atoms with E-state index in [1.165, 1.54) is 24.1 Å². The van der Waals surface area contributed by atoms with Crippen LogP contribution < -0.4 is 5.73 Å². The largest absolute Gasteiger partial charge is 0.490 e. The SMILES string of the molecule is CN1C(=O)C(C)(C)[C@@](C)(c2cc(CC(=O)C3(C(F)(F)F)CC3)ccc2F)N=C1N.O=C(O)C(F)(F)F. The summed E-state index contributed by atoms with van der Waals surface area (Å²) in [5.74, 6) is -4.83. The van der Waals surface area contributed by atoms with E-state index < -0.39 is 52.7 Å². The highest BCUT2D eigenvalue weighted by Crippen LogP contribution is 2.58. The van der Waals surface area contributed by atoms with Crippen LogP contribution in [0.4, 0.5) is 30.7 Å². The maximum Gasteiger partial charge on any atom is 0.490 e. The van der Waals surface area contributed by atoms with Crippen LogP contribution in [0.1, 0.15) is 44.7 Å². The van der Waals surface area contributed by atoms with Crippen LogP contribution in [-0.2, 0) is 26.3 Å². The second kappa shape index (κ2) is 9.04. The molecule has 1 fully saturated rings. The topological polar surface area (TPSA) is 113 Å². The van der Waals surface area contributed by atoms with Gasteiger partial charge in [0.15, 0.2) is 11.7 Å². The van der Waals surface area contributed by atoms with Gasteiger partial charge in [0.05, 0.1) is 5.41 Å². The van der Waals surface area contributed by atoms with Gasteiger partial charge in [-0.2, -0.15) is 26.3 Å². The van der Waals surface area contributed by atoms with E-state index in [2.05, 4.69) is 4.99 Å². The monoisotopic (exact) mass is 527 g/mol. The fraction of sp³-hybridized carbons (Fsp3) is 0.545. The molecule has 3 N–H and O–H groups in total. The smallest absolute Gasteiger partial charge is 0.475 e. The van der Waals surface area contributed by atoms with E-state index in [9.17, 15) is 40.3 Å². The van der Waals surface area contributed by atoms with Gasteiger partial charge in [-0.05, 0) is 51.3 Å². The number of carbonyl (C=O) groups excluding carboxylic acids is 2. The van der Waals surface area contributed by atoms with Gasteiger partial charge in [-0.25, -0.2) is 14.2 Å². The minimum atomic E-state index is -5.08. The van der Waals surface area contributed by atoms with Gasteiger partial charge in [0.1, 0.15) is 16.8 Å². The number of guanidine groups is 1. The zero-order chi connectivity index (χ0) is 28.1. The summed E-state index contributed by atoms with van der Waals surface area (Å²) in [5, 5.41) is 7.12. The quantitative estimate of drug-likeness (QED) is 0.576. The third-order valence-electron chi connectivity index (χ3n) is 6.73. The number of hydrogen-bond acceptors (Lipinski definition) is 5. The number of rotatable bonds is 4. The number of amides is 1. The normalized spacial score (nSPS) is 22.8. The summed E-state index contributed by atoms with van der Waals surface area (Å²) in [6, 6.07) is 3.68. The lowest BCUT2D eigenvalue weighted by molar-refractivity contribution is -0.193. The molecule has 36 heavy (non-hydrogen) atoms.